The van der Waals surface area contributed by atoms with Crippen LogP contribution in [0.15, 0.2) is 0 Å². The Bertz CT molecular complexity index is 201. The molecule has 1 saturated heterocycles. The maximum Gasteiger partial charge on any atom is 0.0736 e. The highest BCUT2D eigenvalue weighted by Crippen LogP contribution is 2.26. The Balaban J connectivity index is 2.66. The van der Waals surface area contributed by atoms with E-state index in [1.165, 1.54) is 0 Å². The van der Waals surface area contributed by atoms with Gasteiger partial charge in [0.05, 0.1) is 17.7 Å². The number of methoxy groups -OCH3 is 2. The van der Waals surface area contributed by atoms with Crippen molar-refractivity contribution in [2.75, 3.05) is 33.9 Å². The molecule has 0 saturated carbocycles. The highest BCUT2D eigenvalue weighted by molar-refractivity contribution is 4.96. The number of hydrogen-bond acceptors (Lipinski definition) is 4. The minimum absolute atomic E-state index is 0.0813. The van der Waals surface area contributed by atoms with Crippen LogP contribution in [-0.2, 0) is 9.47 Å². The van der Waals surface area contributed by atoms with Crippen molar-refractivity contribution in [1.82, 2.24) is 4.90 Å². The number of likely N-dealkylation sites (tertiary alicyclic amines) is 1. The first-order valence-corrected chi connectivity index (χ1v) is 5.59. The average molecular weight is 216 g/mol. The lowest BCUT2D eigenvalue weighted by molar-refractivity contribution is -0.0271. The summed E-state index contributed by atoms with van der Waals surface area (Å²) in [4.78, 5) is 2.38. The molecule has 4 nitrogen and oxygen atoms in total. The molecule has 4 heteroatoms. The Morgan fingerprint density at radius 1 is 1.53 bits per heavy atom. The van der Waals surface area contributed by atoms with Gasteiger partial charge in [-0.25, -0.2) is 0 Å². The topological polar surface area (TPSA) is 47.7 Å². The largest absolute Gasteiger partial charge is 0.380 e. The first-order chi connectivity index (χ1) is 7.08. The molecule has 1 rings (SSSR count). The van der Waals surface area contributed by atoms with Gasteiger partial charge in [0.2, 0.25) is 0 Å². The summed E-state index contributed by atoms with van der Waals surface area (Å²) >= 11 is 0. The lowest BCUT2D eigenvalue weighted by atomic mass is 9.94. The third-order valence-corrected chi connectivity index (χ3v) is 3.84. The molecule has 0 spiro atoms. The van der Waals surface area contributed by atoms with Gasteiger partial charge >= 0.3 is 0 Å². The van der Waals surface area contributed by atoms with Crippen molar-refractivity contribution in [3.05, 3.63) is 0 Å². The van der Waals surface area contributed by atoms with Gasteiger partial charge in [0.15, 0.2) is 0 Å². The van der Waals surface area contributed by atoms with Gasteiger partial charge < -0.3 is 15.2 Å². The van der Waals surface area contributed by atoms with Gasteiger partial charge in [0, 0.05) is 33.9 Å². The summed E-state index contributed by atoms with van der Waals surface area (Å²) < 4.78 is 10.8. The van der Waals surface area contributed by atoms with Gasteiger partial charge in [-0.15, -0.1) is 0 Å². The molecule has 0 radical (unpaired) electrons. The zero-order chi connectivity index (χ0) is 11.5. The van der Waals surface area contributed by atoms with E-state index in [2.05, 4.69) is 18.7 Å². The fourth-order valence-electron chi connectivity index (χ4n) is 2.19. The monoisotopic (exact) mass is 216 g/mol. The van der Waals surface area contributed by atoms with Gasteiger partial charge in [-0.1, -0.05) is 0 Å². The van der Waals surface area contributed by atoms with Crippen molar-refractivity contribution in [3.63, 3.8) is 0 Å². The standard InChI is InChI=1S/C11H24N2O2/c1-9(14-3)11(2,8-12)13-6-5-10(7-13)15-4/h9-10H,5-8,12H2,1-4H3. The molecule has 0 aliphatic carbocycles. The highest BCUT2D eigenvalue weighted by Gasteiger charge is 2.40. The predicted molar refractivity (Wildman–Crippen MR) is 60.9 cm³/mol. The van der Waals surface area contributed by atoms with Crippen LogP contribution in [0.2, 0.25) is 0 Å². The van der Waals surface area contributed by atoms with Gasteiger partial charge in [-0.05, 0) is 20.3 Å². The fraction of sp³-hybridized carbons (Fsp3) is 1.00. The summed E-state index contributed by atoms with van der Waals surface area (Å²) in [6.45, 7) is 6.85. The molecule has 0 aromatic carbocycles. The number of rotatable bonds is 5. The first-order valence-electron chi connectivity index (χ1n) is 5.59. The van der Waals surface area contributed by atoms with Crippen LogP contribution in [0.25, 0.3) is 0 Å². The normalized spacial score (nSPS) is 29.0. The van der Waals surface area contributed by atoms with Gasteiger partial charge in [-0.3, -0.25) is 4.90 Å². The Hall–Kier alpha value is -0.160. The smallest absolute Gasteiger partial charge is 0.0736 e. The zero-order valence-electron chi connectivity index (χ0n) is 10.3. The van der Waals surface area contributed by atoms with E-state index in [-0.39, 0.29) is 11.6 Å². The Kier molecular flexibility index (Phi) is 4.52. The van der Waals surface area contributed by atoms with Gasteiger partial charge in [0.25, 0.3) is 0 Å². The minimum Gasteiger partial charge on any atom is -0.380 e. The lowest BCUT2D eigenvalue weighted by Crippen LogP contribution is -2.58. The van der Waals surface area contributed by atoms with E-state index in [1.807, 2.05) is 0 Å². The minimum atomic E-state index is -0.0813. The van der Waals surface area contributed by atoms with E-state index in [0.717, 1.165) is 19.5 Å². The molecule has 15 heavy (non-hydrogen) atoms. The summed E-state index contributed by atoms with van der Waals surface area (Å²) in [6.07, 6.45) is 1.57. The second kappa shape index (κ2) is 5.25. The van der Waals surface area contributed by atoms with Crippen molar-refractivity contribution >= 4 is 0 Å². The van der Waals surface area contributed by atoms with Crippen LogP contribution >= 0.6 is 0 Å². The van der Waals surface area contributed by atoms with Crippen molar-refractivity contribution < 1.29 is 9.47 Å². The molecule has 1 fully saturated rings. The van der Waals surface area contributed by atoms with E-state index in [9.17, 15) is 0 Å². The maximum absolute atomic E-state index is 5.89. The molecule has 3 atom stereocenters. The van der Waals surface area contributed by atoms with Crippen LogP contribution in [0.5, 0.6) is 0 Å². The molecule has 2 N–H and O–H groups in total. The third-order valence-electron chi connectivity index (χ3n) is 3.84. The van der Waals surface area contributed by atoms with Crippen LogP contribution < -0.4 is 5.73 Å². The quantitative estimate of drug-likeness (QED) is 0.725. The van der Waals surface area contributed by atoms with Crippen LogP contribution in [-0.4, -0.2) is 56.5 Å². The summed E-state index contributed by atoms with van der Waals surface area (Å²) in [5.41, 5.74) is 5.81. The van der Waals surface area contributed by atoms with E-state index in [0.29, 0.717) is 12.6 Å². The van der Waals surface area contributed by atoms with E-state index >= 15 is 0 Å². The Morgan fingerprint density at radius 2 is 2.20 bits per heavy atom. The molecule has 1 aliphatic rings. The van der Waals surface area contributed by atoms with Crippen LogP contribution in [0.3, 0.4) is 0 Å². The summed E-state index contributed by atoms with van der Waals surface area (Å²) in [5, 5.41) is 0. The molecular formula is C11H24N2O2. The molecular weight excluding hydrogens is 192 g/mol. The number of hydrogen-bond donors (Lipinski definition) is 1. The lowest BCUT2D eigenvalue weighted by Gasteiger charge is -2.42. The number of ether oxygens (including phenoxy) is 2. The van der Waals surface area contributed by atoms with E-state index < -0.39 is 0 Å². The maximum atomic E-state index is 5.89. The highest BCUT2D eigenvalue weighted by atomic mass is 16.5. The molecule has 0 amide bonds. The third kappa shape index (κ3) is 2.50. The van der Waals surface area contributed by atoms with E-state index in [4.69, 9.17) is 15.2 Å². The summed E-state index contributed by atoms with van der Waals surface area (Å²) in [5.74, 6) is 0. The summed E-state index contributed by atoms with van der Waals surface area (Å²) in [6, 6.07) is 0. The van der Waals surface area contributed by atoms with Crippen LogP contribution in [0, 0.1) is 0 Å². The van der Waals surface area contributed by atoms with Crippen LogP contribution in [0.1, 0.15) is 20.3 Å². The SMILES string of the molecule is COC1CCN(C(C)(CN)C(C)OC)C1. The van der Waals surface area contributed by atoms with Crippen molar-refractivity contribution in [3.8, 4) is 0 Å². The van der Waals surface area contributed by atoms with Crippen molar-refractivity contribution in [2.24, 2.45) is 5.73 Å². The molecule has 3 unspecified atom stereocenters. The first kappa shape index (κ1) is 12.9. The predicted octanol–water partition coefficient (Wildman–Crippen LogP) is 0.459. The zero-order valence-corrected chi connectivity index (χ0v) is 10.3. The second-order valence-electron chi connectivity index (χ2n) is 4.53. The van der Waals surface area contributed by atoms with Gasteiger partial charge in [-0.2, -0.15) is 0 Å². The molecule has 0 aromatic rings. The average Bonchev–Trinajstić information content (AvgIpc) is 2.75. The molecule has 90 valence electrons. The molecule has 0 aromatic heterocycles. The second-order valence-corrected chi connectivity index (χ2v) is 4.53. The number of nitrogens with two attached hydrogens (primary N) is 1. The summed E-state index contributed by atoms with van der Waals surface area (Å²) in [7, 11) is 3.51. The van der Waals surface area contributed by atoms with Crippen molar-refractivity contribution in [2.45, 2.75) is 38.0 Å². The van der Waals surface area contributed by atoms with Crippen LogP contribution in [0.4, 0.5) is 0 Å². The van der Waals surface area contributed by atoms with E-state index in [1.54, 1.807) is 14.2 Å². The molecule has 0 bridgehead atoms. The Labute approximate surface area is 92.7 Å². The van der Waals surface area contributed by atoms with Crippen molar-refractivity contribution in [1.29, 1.82) is 0 Å². The fourth-order valence-corrected chi connectivity index (χ4v) is 2.19. The molecule has 1 aliphatic heterocycles. The number of nitrogens with zero attached hydrogens (tertiary/aromatic N) is 1. The Morgan fingerprint density at radius 3 is 2.60 bits per heavy atom. The molecule has 1 heterocycles. The van der Waals surface area contributed by atoms with Gasteiger partial charge in [0.1, 0.15) is 0 Å².